The molecule has 180 valence electrons. The van der Waals surface area contributed by atoms with Crippen molar-refractivity contribution in [3.63, 3.8) is 0 Å². The van der Waals surface area contributed by atoms with E-state index in [4.69, 9.17) is 0 Å². The number of hydrogen-bond donors (Lipinski definition) is 0. The third kappa shape index (κ3) is 14.6. The average molecular weight is 423 g/mol. The van der Waals surface area contributed by atoms with Gasteiger partial charge >= 0.3 is 0 Å². The Morgan fingerprint density at radius 3 is 1.40 bits per heavy atom. The highest BCUT2D eigenvalue weighted by Crippen LogP contribution is 2.22. The monoisotopic (exact) mass is 422 g/mol. The Balaban J connectivity index is 4.57. The Bertz CT molecular complexity index is 327. The molecule has 2 heteroatoms. The van der Waals surface area contributed by atoms with Crippen LogP contribution in [-0.4, -0.2) is 42.1 Å². The van der Waals surface area contributed by atoms with Gasteiger partial charge < -0.3 is 0 Å². The maximum Gasteiger partial charge on any atom is 0.0622 e. The fraction of sp³-hybridized carbons (Fsp3) is 0.929. The molecule has 0 amide bonds. The van der Waals surface area contributed by atoms with E-state index in [0.29, 0.717) is 6.17 Å². The van der Waals surface area contributed by atoms with Crippen molar-refractivity contribution in [2.24, 2.45) is 5.92 Å². The Kier molecular flexibility index (Phi) is 21.6. The largest absolute Gasteiger partial charge is 0.288 e. The summed E-state index contributed by atoms with van der Waals surface area (Å²) in [4.78, 5) is 5.56. The lowest BCUT2D eigenvalue weighted by Gasteiger charge is -2.40. The minimum absolute atomic E-state index is 0.633. The van der Waals surface area contributed by atoms with Crippen LogP contribution >= 0.6 is 0 Å². The van der Waals surface area contributed by atoms with Gasteiger partial charge in [-0.3, -0.25) is 9.80 Å². The van der Waals surface area contributed by atoms with Crippen molar-refractivity contribution in [1.29, 1.82) is 0 Å². The van der Waals surface area contributed by atoms with Gasteiger partial charge in [0.25, 0.3) is 0 Å². The Labute approximate surface area is 191 Å². The third-order valence-electron chi connectivity index (χ3n) is 6.44. The van der Waals surface area contributed by atoms with Crippen LogP contribution in [0.5, 0.6) is 0 Å². The third-order valence-corrected chi connectivity index (χ3v) is 6.44. The van der Waals surface area contributed by atoms with E-state index in [-0.39, 0.29) is 0 Å². The summed E-state index contributed by atoms with van der Waals surface area (Å²) >= 11 is 0. The molecule has 0 spiro atoms. The van der Waals surface area contributed by atoms with Crippen molar-refractivity contribution in [2.75, 3.05) is 26.2 Å². The molecule has 0 saturated carbocycles. The fourth-order valence-electron chi connectivity index (χ4n) is 4.87. The molecule has 1 atom stereocenters. The van der Waals surface area contributed by atoms with Gasteiger partial charge in [-0.05, 0) is 83.5 Å². The molecule has 0 aromatic carbocycles. The van der Waals surface area contributed by atoms with Gasteiger partial charge in [-0.15, -0.1) is 6.58 Å². The second-order valence-corrected chi connectivity index (χ2v) is 9.39. The molecule has 0 heterocycles. The normalized spacial score (nSPS) is 12.9. The number of rotatable bonds is 23. The van der Waals surface area contributed by atoms with Crippen molar-refractivity contribution < 1.29 is 0 Å². The van der Waals surface area contributed by atoms with E-state index in [0.717, 1.165) is 5.92 Å². The molecule has 0 aromatic rings. The van der Waals surface area contributed by atoms with E-state index < -0.39 is 0 Å². The first-order chi connectivity index (χ1) is 14.7. The quantitative estimate of drug-likeness (QED) is 0.0923. The van der Waals surface area contributed by atoms with Crippen LogP contribution in [0.3, 0.4) is 0 Å². The van der Waals surface area contributed by atoms with E-state index in [1.807, 2.05) is 0 Å². The lowest BCUT2D eigenvalue weighted by Crippen LogP contribution is -2.49. The van der Waals surface area contributed by atoms with E-state index >= 15 is 0 Å². The van der Waals surface area contributed by atoms with Crippen LogP contribution in [0.15, 0.2) is 12.7 Å². The summed E-state index contributed by atoms with van der Waals surface area (Å²) in [5.41, 5.74) is 0. The summed E-state index contributed by atoms with van der Waals surface area (Å²) in [5.74, 6) is 0.720. The first-order valence-corrected chi connectivity index (χ1v) is 13.8. The first-order valence-electron chi connectivity index (χ1n) is 13.8. The molecular weight excluding hydrogens is 364 g/mol. The van der Waals surface area contributed by atoms with E-state index in [1.165, 1.54) is 122 Å². The number of hydrogen-bond acceptors (Lipinski definition) is 2. The maximum atomic E-state index is 4.17. The second-order valence-electron chi connectivity index (χ2n) is 9.39. The SMILES string of the molecule is C=CC(CCCCCCCCC)CCCC(N(CCC)CCC)N(CCC)CCC. The zero-order valence-electron chi connectivity index (χ0n) is 21.8. The van der Waals surface area contributed by atoms with Crippen LogP contribution in [0.1, 0.15) is 131 Å². The predicted octanol–water partition coefficient (Wildman–Crippen LogP) is 8.67. The molecule has 0 N–H and O–H groups in total. The highest BCUT2D eigenvalue weighted by atomic mass is 15.3. The van der Waals surface area contributed by atoms with Crippen molar-refractivity contribution in [1.82, 2.24) is 9.80 Å². The van der Waals surface area contributed by atoms with Crippen LogP contribution in [0.4, 0.5) is 0 Å². The predicted molar refractivity (Wildman–Crippen MR) is 138 cm³/mol. The minimum Gasteiger partial charge on any atom is -0.288 e. The van der Waals surface area contributed by atoms with Crippen molar-refractivity contribution in [3.8, 4) is 0 Å². The summed E-state index contributed by atoms with van der Waals surface area (Å²) in [7, 11) is 0. The molecular formula is C28H58N2. The van der Waals surface area contributed by atoms with Crippen molar-refractivity contribution >= 4 is 0 Å². The number of nitrogens with zero attached hydrogens (tertiary/aromatic N) is 2. The van der Waals surface area contributed by atoms with Gasteiger partial charge in [0, 0.05) is 0 Å². The molecule has 0 aliphatic carbocycles. The van der Waals surface area contributed by atoms with Crippen molar-refractivity contribution in [3.05, 3.63) is 12.7 Å². The Morgan fingerprint density at radius 2 is 0.967 bits per heavy atom. The van der Waals surface area contributed by atoms with E-state index in [1.54, 1.807) is 0 Å². The molecule has 0 rings (SSSR count). The molecule has 0 aliphatic rings. The summed E-state index contributed by atoms with van der Waals surface area (Å²) in [5, 5.41) is 0. The van der Waals surface area contributed by atoms with Gasteiger partial charge in [0.15, 0.2) is 0 Å². The highest BCUT2D eigenvalue weighted by Gasteiger charge is 2.23. The average Bonchev–Trinajstić information content (AvgIpc) is 2.74. The second kappa shape index (κ2) is 21.9. The summed E-state index contributed by atoms with van der Waals surface area (Å²) in [6.45, 7) is 20.8. The molecule has 1 unspecified atom stereocenters. The van der Waals surface area contributed by atoms with Crippen LogP contribution in [0.2, 0.25) is 0 Å². The molecule has 0 radical (unpaired) electrons. The molecule has 30 heavy (non-hydrogen) atoms. The summed E-state index contributed by atoms with van der Waals surface area (Å²) < 4.78 is 0. The zero-order chi connectivity index (χ0) is 22.5. The highest BCUT2D eigenvalue weighted by molar-refractivity contribution is 4.80. The Morgan fingerprint density at radius 1 is 0.533 bits per heavy atom. The van der Waals surface area contributed by atoms with Gasteiger partial charge in [0.05, 0.1) is 6.17 Å². The lowest BCUT2D eigenvalue weighted by atomic mass is 9.94. The molecule has 0 fully saturated rings. The van der Waals surface area contributed by atoms with Crippen molar-refractivity contribution in [2.45, 2.75) is 137 Å². The standard InChI is InChI=1S/C28H58N2/c1-7-13-14-15-16-17-18-20-27(12-6)21-19-22-28(29(23-8-2)24-9-3)30(25-10-4)26-11-5/h12,27-28H,6-11,13-26H2,1-5H3. The molecule has 0 aliphatic heterocycles. The van der Waals surface area contributed by atoms with Gasteiger partial charge in [-0.25, -0.2) is 0 Å². The number of allylic oxidation sites excluding steroid dienone is 1. The first kappa shape index (κ1) is 29.7. The fourth-order valence-corrected chi connectivity index (χ4v) is 4.87. The van der Waals surface area contributed by atoms with E-state index in [2.05, 4.69) is 57.1 Å². The van der Waals surface area contributed by atoms with Gasteiger partial charge in [-0.2, -0.15) is 0 Å². The zero-order valence-corrected chi connectivity index (χ0v) is 21.8. The lowest BCUT2D eigenvalue weighted by molar-refractivity contribution is 0.0325. The Hall–Kier alpha value is -0.340. The minimum atomic E-state index is 0.633. The molecule has 2 nitrogen and oxygen atoms in total. The van der Waals surface area contributed by atoms with Crippen LogP contribution in [0, 0.1) is 5.92 Å². The summed E-state index contributed by atoms with van der Waals surface area (Å²) in [6, 6.07) is 0. The van der Waals surface area contributed by atoms with Crippen LogP contribution in [0.25, 0.3) is 0 Å². The van der Waals surface area contributed by atoms with Gasteiger partial charge in [0.1, 0.15) is 0 Å². The molecule has 0 saturated heterocycles. The maximum absolute atomic E-state index is 4.17. The number of unbranched alkanes of at least 4 members (excludes halogenated alkanes) is 6. The van der Waals surface area contributed by atoms with Crippen LogP contribution in [-0.2, 0) is 0 Å². The van der Waals surface area contributed by atoms with E-state index in [9.17, 15) is 0 Å². The smallest absolute Gasteiger partial charge is 0.0622 e. The molecule has 0 aromatic heterocycles. The van der Waals surface area contributed by atoms with Gasteiger partial charge in [-0.1, -0.05) is 85.6 Å². The molecule has 0 bridgehead atoms. The summed E-state index contributed by atoms with van der Waals surface area (Å²) in [6.07, 6.45) is 23.1. The van der Waals surface area contributed by atoms with Gasteiger partial charge in [0.2, 0.25) is 0 Å². The van der Waals surface area contributed by atoms with Crippen LogP contribution < -0.4 is 0 Å². The topological polar surface area (TPSA) is 6.48 Å².